The van der Waals surface area contributed by atoms with Gasteiger partial charge in [0.15, 0.2) is 5.82 Å². The maximum absolute atomic E-state index is 5.95. The van der Waals surface area contributed by atoms with Crippen molar-refractivity contribution in [2.24, 2.45) is 0 Å². The van der Waals surface area contributed by atoms with E-state index in [1.807, 2.05) is 37.4 Å². The first-order valence-electron chi connectivity index (χ1n) is 7.91. The Labute approximate surface area is 150 Å². The zero-order valence-electron chi connectivity index (χ0n) is 13.4. The molecular weight excluding hydrogens is 340 g/mol. The van der Waals surface area contributed by atoms with E-state index in [1.165, 1.54) is 10.6 Å². The molecule has 2 aromatic heterocycles. The smallest absolute Gasteiger partial charge is 0.159 e. The van der Waals surface area contributed by atoms with Crippen molar-refractivity contribution in [3.8, 4) is 11.4 Å². The maximum Gasteiger partial charge on any atom is 0.159 e. The number of aryl methyl sites for hydroxylation is 1. The Morgan fingerprint density at radius 2 is 2.04 bits per heavy atom. The summed E-state index contributed by atoms with van der Waals surface area (Å²) in [7, 11) is 0. The number of halogens is 1. The summed E-state index contributed by atoms with van der Waals surface area (Å²) < 4.78 is 0. The fourth-order valence-corrected chi connectivity index (χ4v) is 3.85. The number of aromatic nitrogens is 3. The molecule has 1 aromatic carbocycles. The molecule has 0 aliphatic carbocycles. The van der Waals surface area contributed by atoms with Crippen LogP contribution in [-0.2, 0) is 19.5 Å². The highest BCUT2D eigenvalue weighted by molar-refractivity contribution is 7.09. The lowest BCUT2D eigenvalue weighted by Gasteiger charge is -2.27. The molecular formula is C18H17ClN4S. The molecule has 3 heterocycles. The van der Waals surface area contributed by atoms with Crippen molar-refractivity contribution in [3.63, 3.8) is 0 Å². The largest absolute Gasteiger partial charge is 0.292 e. The van der Waals surface area contributed by atoms with Gasteiger partial charge in [-0.3, -0.25) is 4.90 Å². The number of nitrogens with zero attached hydrogens (tertiary/aromatic N) is 4. The summed E-state index contributed by atoms with van der Waals surface area (Å²) in [5, 5.41) is 4.01. The van der Waals surface area contributed by atoms with Crippen molar-refractivity contribution >= 4 is 22.9 Å². The van der Waals surface area contributed by atoms with Gasteiger partial charge in [0.2, 0.25) is 0 Å². The Morgan fingerprint density at radius 3 is 2.79 bits per heavy atom. The molecule has 0 fully saturated rings. The standard InChI is InChI=1S/C18H17ClN4S/c1-12-11-24-17(21-12)10-23-7-6-16-14(9-23)8-20-18(22-16)13-2-4-15(19)5-3-13/h2-5,8,11H,6-7,9-10H2,1H3. The number of fused-ring (bicyclic) bond motifs is 1. The SMILES string of the molecule is Cc1csc(CN2CCc3nc(-c4ccc(Cl)cc4)ncc3C2)n1. The molecule has 0 N–H and O–H groups in total. The number of hydrogen-bond donors (Lipinski definition) is 0. The molecule has 0 radical (unpaired) electrons. The Morgan fingerprint density at radius 1 is 1.21 bits per heavy atom. The van der Waals surface area contributed by atoms with Crippen LogP contribution in [0.3, 0.4) is 0 Å². The Balaban J connectivity index is 1.52. The molecule has 0 saturated heterocycles. The normalized spacial score (nSPS) is 14.6. The second-order valence-electron chi connectivity index (χ2n) is 6.02. The predicted octanol–water partition coefficient (Wildman–Crippen LogP) is 4.12. The van der Waals surface area contributed by atoms with E-state index in [1.54, 1.807) is 11.3 Å². The summed E-state index contributed by atoms with van der Waals surface area (Å²) in [4.78, 5) is 16.3. The summed E-state index contributed by atoms with van der Waals surface area (Å²) in [5.74, 6) is 0.773. The fourth-order valence-electron chi connectivity index (χ4n) is 2.91. The summed E-state index contributed by atoms with van der Waals surface area (Å²) in [5.41, 5.74) is 4.47. The predicted molar refractivity (Wildman–Crippen MR) is 97.1 cm³/mol. The van der Waals surface area contributed by atoms with Crippen LogP contribution in [-0.4, -0.2) is 26.4 Å². The van der Waals surface area contributed by atoms with Crippen LogP contribution in [0.4, 0.5) is 0 Å². The van der Waals surface area contributed by atoms with E-state index in [0.717, 1.165) is 53.9 Å². The molecule has 24 heavy (non-hydrogen) atoms. The van der Waals surface area contributed by atoms with E-state index in [9.17, 15) is 0 Å². The number of thiazole rings is 1. The van der Waals surface area contributed by atoms with Gasteiger partial charge in [-0.25, -0.2) is 15.0 Å². The molecule has 0 atom stereocenters. The Bertz CT molecular complexity index is 860. The van der Waals surface area contributed by atoms with Gasteiger partial charge in [-0.05, 0) is 31.2 Å². The first-order chi connectivity index (χ1) is 11.7. The van der Waals surface area contributed by atoms with Crippen LogP contribution in [0.1, 0.15) is 22.0 Å². The highest BCUT2D eigenvalue weighted by Gasteiger charge is 2.19. The van der Waals surface area contributed by atoms with Crippen LogP contribution < -0.4 is 0 Å². The van der Waals surface area contributed by atoms with Gasteiger partial charge in [-0.2, -0.15) is 0 Å². The minimum absolute atomic E-state index is 0.727. The molecule has 0 unspecified atom stereocenters. The lowest BCUT2D eigenvalue weighted by molar-refractivity contribution is 0.242. The van der Waals surface area contributed by atoms with Crippen LogP contribution in [0.25, 0.3) is 11.4 Å². The van der Waals surface area contributed by atoms with Crippen LogP contribution in [0.2, 0.25) is 5.02 Å². The van der Waals surface area contributed by atoms with Gasteiger partial charge in [0.25, 0.3) is 0 Å². The van der Waals surface area contributed by atoms with Crippen molar-refractivity contribution < 1.29 is 0 Å². The van der Waals surface area contributed by atoms with Crippen LogP contribution in [0.15, 0.2) is 35.8 Å². The number of benzene rings is 1. The molecule has 0 spiro atoms. The quantitative estimate of drug-likeness (QED) is 0.708. The third kappa shape index (κ3) is 3.34. The van der Waals surface area contributed by atoms with E-state index in [4.69, 9.17) is 16.6 Å². The van der Waals surface area contributed by atoms with Gasteiger partial charge in [-0.1, -0.05) is 11.6 Å². The average molecular weight is 357 g/mol. The fraction of sp³-hybridized carbons (Fsp3) is 0.278. The molecule has 0 amide bonds. The van der Waals surface area contributed by atoms with Crippen molar-refractivity contribution in [1.29, 1.82) is 0 Å². The van der Waals surface area contributed by atoms with E-state index in [0.29, 0.717) is 0 Å². The summed E-state index contributed by atoms with van der Waals surface area (Å²) in [6.07, 6.45) is 2.91. The summed E-state index contributed by atoms with van der Waals surface area (Å²) >= 11 is 7.68. The lowest BCUT2D eigenvalue weighted by atomic mass is 10.1. The maximum atomic E-state index is 5.95. The van der Waals surface area contributed by atoms with Gasteiger partial charge in [-0.15, -0.1) is 11.3 Å². The molecule has 4 rings (SSSR count). The van der Waals surface area contributed by atoms with E-state index in [-0.39, 0.29) is 0 Å². The third-order valence-corrected chi connectivity index (χ3v) is 5.34. The number of hydrogen-bond acceptors (Lipinski definition) is 5. The van der Waals surface area contributed by atoms with Crippen molar-refractivity contribution in [1.82, 2.24) is 19.9 Å². The second-order valence-corrected chi connectivity index (χ2v) is 7.39. The third-order valence-electron chi connectivity index (χ3n) is 4.14. The van der Waals surface area contributed by atoms with E-state index in [2.05, 4.69) is 20.2 Å². The Kier molecular flexibility index (Phi) is 4.31. The van der Waals surface area contributed by atoms with Crippen molar-refractivity contribution in [3.05, 3.63) is 62.8 Å². The average Bonchev–Trinajstić information content (AvgIpc) is 3.00. The molecule has 122 valence electrons. The first-order valence-corrected chi connectivity index (χ1v) is 9.17. The molecule has 4 nitrogen and oxygen atoms in total. The molecule has 3 aromatic rings. The van der Waals surface area contributed by atoms with Crippen LogP contribution in [0.5, 0.6) is 0 Å². The van der Waals surface area contributed by atoms with E-state index >= 15 is 0 Å². The molecule has 1 aliphatic heterocycles. The van der Waals surface area contributed by atoms with Gasteiger partial charge in [0, 0.05) is 52.9 Å². The first kappa shape index (κ1) is 15.7. The highest BCUT2D eigenvalue weighted by Crippen LogP contribution is 2.23. The Hall–Kier alpha value is -1.82. The van der Waals surface area contributed by atoms with Gasteiger partial charge < -0.3 is 0 Å². The summed E-state index contributed by atoms with van der Waals surface area (Å²) in [6, 6.07) is 7.67. The lowest BCUT2D eigenvalue weighted by Crippen LogP contribution is -2.30. The number of rotatable bonds is 3. The van der Waals surface area contributed by atoms with Gasteiger partial charge >= 0.3 is 0 Å². The second kappa shape index (κ2) is 6.59. The van der Waals surface area contributed by atoms with E-state index < -0.39 is 0 Å². The van der Waals surface area contributed by atoms with Gasteiger partial charge in [0.05, 0.1) is 12.2 Å². The highest BCUT2D eigenvalue weighted by atomic mass is 35.5. The molecule has 6 heteroatoms. The summed E-state index contributed by atoms with van der Waals surface area (Å²) in [6.45, 7) is 4.83. The zero-order chi connectivity index (χ0) is 16.5. The van der Waals surface area contributed by atoms with Crippen molar-refractivity contribution in [2.75, 3.05) is 6.54 Å². The van der Waals surface area contributed by atoms with Gasteiger partial charge in [0.1, 0.15) is 5.01 Å². The monoisotopic (exact) mass is 356 g/mol. The zero-order valence-corrected chi connectivity index (χ0v) is 14.9. The van der Waals surface area contributed by atoms with Crippen molar-refractivity contribution in [2.45, 2.75) is 26.4 Å². The minimum atomic E-state index is 0.727. The molecule has 1 aliphatic rings. The molecule has 0 saturated carbocycles. The minimum Gasteiger partial charge on any atom is -0.292 e. The van der Waals surface area contributed by atoms with Crippen LogP contribution in [0, 0.1) is 6.92 Å². The van der Waals surface area contributed by atoms with Crippen LogP contribution >= 0.6 is 22.9 Å². The topological polar surface area (TPSA) is 41.9 Å². The molecule has 0 bridgehead atoms.